The quantitative estimate of drug-likeness (QED) is 0.516. The molecule has 1 N–H and O–H groups in total. The lowest BCUT2D eigenvalue weighted by Gasteiger charge is -2.18. The van der Waals surface area contributed by atoms with Crippen LogP contribution >= 0.6 is 0 Å². The molecule has 1 amide bonds. The molecule has 0 aliphatic carbocycles. The van der Waals surface area contributed by atoms with Crippen LogP contribution in [0.3, 0.4) is 0 Å². The van der Waals surface area contributed by atoms with E-state index in [2.05, 4.69) is 4.98 Å². The number of likely N-dealkylation sites (tertiary alicyclic amines) is 1. The van der Waals surface area contributed by atoms with E-state index in [1.54, 1.807) is 32.9 Å². The van der Waals surface area contributed by atoms with Gasteiger partial charge in [-0.25, -0.2) is 9.37 Å². The maximum atomic E-state index is 13.1. The van der Waals surface area contributed by atoms with Gasteiger partial charge >= 0.3 is 0 Å². The van der Waals surface area contributed by atoms with Crippen molar-refractivity contribution >= 4 is 17.4 Å². The summed E-state index contributed by atoms with van der Waals surface area (Å²) in [5.41, 5.74) is 0.908. The Morgan fingerprint density at radius 3 is 2.54 bits per heavy atom. The molecule has 0 bridgehead atoms. The van der Waals surface area contributed by atoms with E-state index in [0.717, 1.165) is 5.56 Å². The summed E-state index contributed by atoms with van der Waals surface area (Å²) in [5, 5.41) is 10.6. The van der Waals surface area contributed by atoms with Crippen LogP contribution in [0, 0.1) is 12.7 Å². The van der Waals surface area contributed by atoms with Gasteiger partial charge in [-0.2, -0.15) is 0 Å². The number of aromatic nitrogens is 1. The van der Waals surface area contributed by atoms with E-state index < -0.39 is 11.7 Å². The lowest BCUT2D eigenvalue weighted by Crippen LogP contribution is -2.33. The van der Waals surface area contributed by atoms with Crippen molar-refractivity contribution in [2.45, 2.75) is 33.2 Å². The van der Waals surface area contributed by atoms with Crippen molar-refractivity contribution in [1.29, 1.82) is 0 Å². The van der Waals surface area contributed by atoms with Crippen molar-refractivity contribution in [3.63, 3.8) is 0 Å². The zero-order valence-electron chi connectivity index (χ0n) is 14.7. The van der Waals surface area contributed by atoms with Crippen molar-refractivity contribution in [2.24, 2.45) is 0 Å². The minimum Gasteiger partial charge on any atom is -0.505 e. The molecule has 136 valence electrons. The smallest absolute Gasteiger partial charge is 0.295 e. The third kappa shape index (κ3) is 3.24. The number of Topliss-reactive ketones (excluding diaryl/α,β-unsaturated/α-hetero) is 1. The highest BCUT2D eigenvalue weighted by atomic mass is 19.1. The number of aryl methyl sites for hydroxylation is 1. The van der Waals surface area contributed by atoms with Crippen LogP contribution in [0.25, 0.3) is 5.76 Å². The van der Waals surface area contributed by atoms with Gasteiger partial charge in [0.2, 0.25) is 0 Å². The number of halogens is 1. The molecule has 1 fully saturated rings. The first-order chi connectivity index (χ1) is 12.3. The maximum absolute atomic E-state index is 13.1. The molecule has 26 heavy (non-hydrogen) atoms. The number of hydrogen-bond donors (Lipinski definition) is 1. The van der Waals surface area contributed by atoms with Crippen molar-refractivity contribution in [1.82, 2.24) is 9.88 Å². The Labute approximate surface area is 149 Å². The van der Waals surface area contributed by atoms with Crippen LogP contribution in [0.2, 0.25) is 0 Å². The number of carbonyl (C=O) groups is 2. The van der Waals surface area contributed by atoms with Crippen LogP contribution < -0.4 is 0 Å². The van der Waals surface area contributed by atoms with E-state index in [-0.39, 0.29) is 41.9 Å². The summed E-state index contributed by atoms with van der Waals surface area (Å²) in [4.78, 5) is 29.9. The van der Waals surface area contributed by atoms with Crippen LogP contribution in [0.4, 0.5) is 4.39 Å². The largest absolute Gasteiger partial charge is 0.505 e. The van der Waals surface area contributed by atoms with Gasteiger partial charge in [0.1, 0.15) is 17.3 Å². The molecule has 1 aliphatic heterocycles. The number of amides is 1. The molecular weight excluding hydrogens is 339 g/mol. The Morgan fingerprint density at radius 1 is 1.31 bits per heavy atom. The molecule has 1 saturated heterocycles. The minimum atomic E-state index is -0.732. The third-order valence-electron chi connectivity index (χ3n) is 4.27. The fraction of sp³-hybridized carbons (Fsp3) is 0.316. The second-order valence-electron chi connectivity index (χ2n) is 6.49. The Balaban J connectivity index is 1.98. The molecule has 0 unspecified atom stereocenters. The molecule has 2 heterocycles. The number of oxazole rings is 1. The lowest BCUT2D eigenvalue weighted by molar-refractivity contribution is -0.140. The Morgan fingerprint density at radius 2 is 1.96 bits per heavy atom. The highest BCUT2D eigenvalue weighted by Crippen LogP contribution is 2.27. The number of nitrogens with zero attached hydrogens (tertiary/aromatic N) is 2. The van der Waals surface area contributed by atoms with Crippen molar-refractivity contribution < 1.29 is 23.5 Å². The van der Waals surface area contributed by atoms with Gasteiger partial charge < -0.3 is 14.4 Å². The SMILES string of the molecule is Cc1nc(/C(O)=C2\CN(C(C)C)C(=O)C2=O)c(Cc2ccc(F)cc2)o1. The first-order valence-corrected chi connectivity index (χ1v) is 8.26. The van der Waals surface area contributed by atoms with E-state index in [0.29, 0.717) is 11.7 Å². The standard InChI is InChI=1S/C19H19FN2O4/c1-10(2)22-9-14(18(24)19(22)25)17(23)16-15(26-11(3)21-16)8-12-4-6-13(20)7-5-12/h4-7,10,23H,8-9H2,1-3H3/b17-14-. The predicted octanol–water partition coefficient (Wildman–Crippen LogP) is 2.80. The van der Waals surface area contributed by atoms with Gasteiger partial charge in [-0.05, 0) is 31.5 Å². The first-order valence-electron chi connectivity index (χ1n) is 8.26. The number of aliphatic hydroxyl groups is 1. The van der Waals surface area contributed by atoms with Gasteiger partial charge in [-0.1, -0.05) is 12.1 Å². The Hall–Kier alpha value is -2.96. The number of benzene rings is 1. The third-order valence-corrected chi connectivity index (χ3v) is 4.27. The molecule has 0 spiro atoms. The number of rotatable bonds is 4. The highest BCUT2D eigenvalue weighted by molar-refractivity contribution is 6.46. The molecule has 1 aliphatic rings. The summed E-state index contributed by atoms with van der Waals surface area (Å²) in [5.74, 6) is -1.40. The average molecular weight is 358 g/mol. The van der Waals surface area contributed by atoms with Crippen molar-refractivity contribution in [3.8, 4) is 0 Å². The summed E-state index contributed by atoms with van der Waals surface area (Å²) in [7, 11) is 0. The van der Waals surface area contributed by atoms with Gasteiger partial charge in [-0.15, -0.1) is 0 Å². The summed E-state index contributed by atoms with van der Waals surface area (Å²) in [6.45, 7) is 5.25. The van der Waals surface area contributed by atoms with Crippen LogP contribution in [0.1, 0.15) is 36.8 Å². The van der Waals surface area contributed by atoms with Gasteiger partial charge in [0.05, 0.1) is 12.1 Å². The molecule has 0 radical (unpaired) electrons. The highest BCUT2D eigenvalue weighted by Gasteiger charge is 2.39. The van der Waals surface area contributed by atoms with Crippen molar-refractivity contribution in [3.05, 3.63) is 58.6 Å². The van der Waals surface area contributed by atoms with E-state index in [1.165, 1.54) is 17.0 Å². The Bertz CT molecular complexity index is 897. The summed E-state index contributed by atoms with van der Waals surface area (Å²) in [6, 6.07) is 5.71. The normalized spacial score (nSPS) is 16.7. The maximum Gasteiger partial charge on any atom is 0.295 e. The van der Waals surface area contributed by atoms with Crippen LogP contribution in [0.5, 0.6) is 0 Å². The number of carbonyl (C=O) groups excluding carboxylic acids is 2. The molecule has 6 nitrogen and oxygen atoms in total. The van der Waals surface area contributed by atoms with Gasteiger partial charge in [0.25, 0.3) is 11.7 Å². The second-order valence-corrected chi connectivity index (χ2v) is 6.49. The van der Waals surface area contributed by atoms with E-state index in [4.69, 9.17) is 4.42 Å². The van der Waals surface area contributed by atoms with Crippen LogP contribution in [0.15, 0.2) is 34.3 Å². The van der Waals surface area contributed by atoms with E-state index >= 15 is 0 Å². The minimum absolute atomic E-state index is 0.0114. The van der Waals surface area contributed by atoms with Crippen molar-refractivity contribution in [2.75, 3.05) is 6.54 Å². The van der Waals surface area contributed by atoms with Gasteiger partial charge in [-0.3, -0.25) is 9.59 Å². The second kappa shape index (κ2) is 6.74. The monoisotopic (exact) mass is 358 g/mol. The van der Waals surface area contributed by atoms with E-state index in [9.17, 15) is 19.1 Å². The predicted molar refractivity (Wildman–Crippen MR) is 91.9 cm³/mol. The molecule has 1 aromatic heterocycles. The topological polar surface area (TPSA) is 83.6 Å². The Kier molecular flexibility index (Phi) is 4.63. The average Bonchev–Trinajstić information content (AvgIpc) is 3.10. The summed E-state index contributed by atoms with van der Waals surface area (Å²) in [6.07, 6.45) is 0.268. The molecule has 3 rings (SSSR count). The van der Waals surface area contributed by atoms with Crippen LogP contribution in [-0.4, -0.2) is 39.3 Å². The first kappa shape index (κ1) is 17.8. The zero-order valence-corrected chi connectivity index (χ0v) is 14.7. The van der Waals surface area contributed by atoms with E-state index in [1.807, 2.05) is 0 Å². The number of hydrogen-bond acceptors (Lipinski definition) is 5. The number of ketones is 1. The summed E-state index contributed by atoms with van der Waals surface area (Å²) < 4.78 is 18.6. The number of aliphatic hydroxyl groups excluding tert-OH is 1. The molecule has 2 aromatic rings. The zero-order chi connectivity index (χ0) is 19.0. The molecule has 1 aromatic carbocycles. The fourth-order valence-electron chi connectivity index (χ4n) is 2.88. The fourth-order valence-corrected chi connectivity index (χ4v) is 2.88. The molecule has 0 atom stereocenters. The molecular formula is C19H19FN2O4. The molecule has 0 saturated carbocycles. The van der Waals surface area contributed by atoms with Gasteiger partial charge in [0.15, 0.2) is 11.6 Å². The molecule has 7 heteroatoms. The van der Waals surface area contributed by atoms with Gasteiger partial charge in [0, 0.05) is 19.4 Å². The lowest BCUT2D eigenvalue weighted by atomic mass is 10.1. The van der Waals surface area contributed by atoms with Crippen LogP contribution in [-0.2, 0) is 16.0 Å². The summed E-state index contributed by atoms with van der Waals surface area (Å²) >= 11 is 0.